The Bertz CT molecular complexity index is 748. The lowest BCUT2D eigenvalue weighted by atomic mass is 9.91. The lowest BCUT2D eigenvalue weighted by Crippen LogP contribution is -2.52. The number of nitrogens with one attached hydrogen (secondary N) is 1. The van der Waals surface area contributed by atoms with Crippen LogP contribution in [0.2, 0.25) is 10.0 Å². The van der Waals surface area contributed by atoms with E-state index in [1.807, 2.05) is 26.2 Å². The van der Waals surface area contributed by atoms with Crippen molar-refractivity contribution in [1.82, 2.24) is 10.2 Å². The predicted octanol–water partition coefficient (Wildman–Crippen LogP) is 3.99. The number of hydrogen-bond acceptors (Lipinski definition) is 3. The second-order valence-electron chi connectivity index (χ2n) is 6.55. The molecule has 2 rings (SSSR count). The number of hydrogen-bond donors (Lipinski definition) is 2. The quantitative estimate of drug-likeness (QED) is 0.796. The molecule has 0 heterocycles. The van der Waals surface area contributed by atoms with E-state index in [-0.39, 0.29) is 17.2 Å². The van der Waals surface area contributed by atoms with Crippen molar-refractivity contribution in [2.75, 3.05) is 20.6 Å². The van der Waals surface area contributed by atoms with Crippen molar-refractivity contribution in [2.45, 2.75) is 18.9 Å². The van der Waals surface area contributed by atoms with Crippen molar-refractivity contribution in [3.63, 3.8) is 0 Å². The number of phenolic OH excluding ortho intramolecular Hbond substituents is 1. The fourth-order valence-electron chi connectivity index (χ4n) is 2.44. The molecule has 0 fully saturated rings. The van der Waals surface area contributed by atoms with E-state index in [1.165, 1.54) is 0 Å². The summed E-state index contributed by atoms with van der Waals surface area (Å²) in [5, 5.41) is 13.2. The first-order chi connectivity index (χ1) is 11.7. The SMILES string of the molecule is CN(C)C(C)(CNC(=O)c1ccc(Cl)c(Cl)c1)Cc1ccc(O)cc1. The zero-order valence-corrected chi connectivity index (χ0v) is 16.0. The molecular formula is C19H22Cl2N2O2. The summed E-state index contributed by atoms with van der Waals surface area (Å²) in [6.07, 6.45) is 0.724. The Kier molecular flexibility index (Phi) is 6.33. The Hall–Kier alpha value is -1.75. The first-order valence-electron chi connectivity index (χ1n) is 7.90. The molecular weight excluding hydrogens is 359 g/mol. The van der Waals surface area contributed by atoms with Gasteiger partial charge in [-0.2, -0.15) is 0 Å². The Morgan fingerprint density at radius 1 is 1.12 bits per heavy atom. The van der Waals surface area contributed by atoms with Crippen molar-refractivity contribution in [1.29, 1.82) is 0 Å². The first kappa shape index (κ1) is 19.6. The first-order valence-corrected chi connectivity index (χ1v) is 8.65. The van der Waals surface area contributed by atoms with Crippen LogP contribution in [0.3, 0.4) is 0 Å². The van der Waals surface area contributed by atoms with E-state index in [1.54, 1.807) is 30.3 Å². The highest BCUT2D eigenvalue weighted by Gasteiger charge is 2.28. The zero-order chi connectivity index (χ0) is 18.6. The molecule has 4 nitrogen and oxygen atoms in total. The summed E-state index contributed by atoms with van der Waals surface area (Å²) in [5.74, 6) is 0.0422. The molecule has 2 N–H and O–H groups in total. The van der Waals surface area contributed by atoms with Gasteiger partial charge in [0, 0.05) is 17.6 Å². The molecule has 0 aromatic heterocycles. The summed E-state index contributed by atoms with van der Waals surface area (Å²) in [6.45, 7) is 2.54. The highest BCUT2D eigenvalue weighted by Crippen LogP contribution is 2.23. The second-order valence-corrected chi connectivity index (χ2v) is 7.36. The highest BCUT2D eigenvalue weighted by molar-refractivity contribution is 6.42. The highest BCUT2D eigenvalue weighted by atomic mass is 35.5. The largest absolute Gasteiger partial charge is 0.508 e. The van der Waals surface area contributed by atoms with Crippen LogP contribution in [0.1, 0.15) is 22.8 Å². The minimum absolute atomic E-state index is 0.197. The van der Waals surface area contributed by atoms with Gasteiger partial charge < -0.3 is 15.3 Å². The third-order valence-electron chi connectivity index (χ3n) is 4.41. The maximum Gasteiger partial charge on any atom is 0.251 e. The van der Waals surface area contributed by atoms with Gasteiger partial charge in [0.1, 0.15) is 5.75 Å². The Morgan fingerprint density at radius 3 is 2.32 bits per heavy atom. The molecule has 134 valence electrons. The van der Waals surface area contributed by atoms with Gasteiger partial charge in [0.15, 0.2) is 0 Å². The minimum atomic E-state index is -0.289. The summed E-state index contributed by atoms with van der Waals surface area (Å²) in [7, 11) is 3.96. The molecule has 1 atom stereocenters. The van der Waals surface area contributed by atoms with E-state index in [0.717, 1.165) is 12.0 Å². The van der Waals surface area contributed by atoms with Gasteiger partial charge in [-0.3, -0.25) is 4.79 Å². The molecule has 0 aliphatic rings. The van der Waals surface area contributed by atoms with Gasteiger partial charge in [-0.1, -0.05) is 35.3 Å². The summed E-state index contributed by atoms with van der Waals surface area (Å²) >= 11 is 11.9. The summed E-state index contributed by atoms with van der Waals surface area (Å²) in [4.78, 5) is 14.5. The summed E-state index contributed by atoms with van der Waals surface area (Å²) in [6, 6.07) is 11.9. The number of aromatic hydroxyl groups is 1. The molecule has 0 spiro atoms. The molecule has 0 radical (unpaired) electrons. The number of rotatable bonds is 6. The van der Waals surface area contributed by atoms with Gasteiger partial charge in [0.25, 0.3) is 5.91 Å². The molecule has 6 heteroatoms. The number of amides is 1. The van der Waals surface area contributed by atoms with Crippen LogP contribution in [0.5, 0.6) is 5.75 Å². The average Bonchev–Trinajstić information content (AvgIpc) is 2.57. The number of likely N-dealkylation sites (N-methyl/N-ethyl adjacent to an activating group) is 1. The topological polar surface area (TPSA) is 52.6 Å². The molecule has 25 heavy (non-hydrogen) atoms. The Morgan fingerprint density at radius 2 is 1.76 bits per heavy atom. The van der Waals surface area contributed by atoms with Gasteiger partial charge in [-0.25, -0.2) is 0 Å². The smallest absolute Gasteiger partial charge is 0.251 e. The lowest BCUT2D eigenvalue weighted by molar-refractivity contribution is 0.0909. The van der Waals surface area contributed by atoms with Crippen LogP contribution >= 0.6 is 23.2 Å². The van der Waals surface area contributed by atoms with Gasteiger partial charge in [-0.05, 0) is 63.3 Å². The van der Waals surface area contributed by atoms with Gasteiger partial charge in [0.2, 0.25) is 0 Å². The minimum Gasteiger partial charge on any atom is -0.508 e. The van der Waals surface area contributed by atoms with Crippen molar-refractivity contribution in [3.8, 4) is 5.75 Å². The number of nitrogens with zero attached hydrogens (tertiary/aromatic N) is 1. The van der Waals surface area contributed by atoms with Crippen molar-refractivity contribution < 1.29 is 9.90 Å². The number of halogens is 2. The molecule has 2 aromatic carbocycles. The van der Waals surface area contributed by atoms with Crippen LogP contribution in [-0.4, -0.2) is 42.1 Å². The summed E-state index contributed by atoms with van der Waals surface area (Å²) in [5.41, 5.74) is 1.26. The molecule has 0 aliphatic heterocycles. The molecule has 2 aromatic rings. The number of carbonyl (C=O) groups excluding carboxylic acids is 1. The van der Waals surface area contributed by atoms with E-state index < -0.39 is 0 Å². The van der Waals surface area contributed by atoms with Gasteiger partial charge >= 0.3 is 0 Å². The van der Waals surface area contributed by atoms with E-state index >= 15 is 0 Å². The van der Waals surface area contributed by atoms with Crippen molar-refractivity contribution in [2.24, 2.45) is 0 Å². The average molecular weight is 381 g/mol. The van der Waals surface area contributed by atoms with E-state index in [2.05, 4.69) is 17.1 Å². The normalized spacial score (nSPS) is 13.5. The molecule has 0 saturated carbocycles. The standard InChI is InChI=1S/C19H22Cl2N2O2/c1-19(23(2)3,11-13-4-7-15(24)8-5-13)12-22-18(25)14-6-9-16(20)17(21)10-14/h4-10,24H,11-12H2,1-3H3,(H,22,25). The predicted molar refractivity (Wildman–Crippen MR) is 103 cm³/mol. The van der Waals surface area contributed by atoms with Crippen LogP contribution in [0, 0.1) is 0 Å². The monoisotopic (exact) mass is 380 g/mol. The number of benzene rings is 2. The van der Waals surface area contributed by atoms with Crippen LogP contribution in [0.15, 0.2) is 42.5 Å². The Balaban J connectivity index is 2.08. The van der Waals surface area contributed by atoms with E-state index in [4.69, 9.17) is 23.2 Å². The molecule has 1 unspecified atom stereocenters. The van der Waals surface area contributed by atoms with Gasteiger partial charge in [0.05, 0.1) is 10.0 Å². The number of phenols is 1. The van der Waals surface area contributed by atoms with Crippen LogP contribution in [0.25, 0.3) is 0 Å². The van der Waals surface area contributed by atoms with E-state index in [9.17, 15) is 9.90 Å². The maximum atomic E-state index is 12.4. The molecule has 0 saturated heterocycles. The third-order valence-corrected chi connectivity index (χ3v) is 5.15. The molecule has 0 bridgehead atoms. The van der Waals surface area contributed by atoms with Crippen LogP contribution in [-0.2, 0) is 6.42 Å². The summed E-state index contributed by atoms with van der Waals surface area (Å²) < 4.78 is 0. The fourth-order valence-corrected chi connectivity index (χ4v) is 2.74. The van der Waals surface area contributed by atoms with Crippen molar-refractivity contribution in [3.05, 3.63) is 63.6 Å². The van der Waals surface area contributed by atoms with Gasteiger partial charge in [-0.15, -0.1) is 0 Å². The zero-order valence-electron chi connectivity index (χ0n) is 14.5. The molecule has 1 amide bonds. The van der Waals surface area contributed by atoms with Crippen LogP contribution < -0.4 is 5.32 Å². The molecule has 0 aliphatic carbocycles. The second kappa shape index (κ2) is 8.09. The Labute approximate surface area is 158 Å². The van der Waals surface area contributed by atoms with Crippen molar-refractivity contribution >= 4 is 29.1 Å². The van der Waals surface area contributed by atoms with Crippen LogP contribution in [0.4, 0.5) is 0 Å². The lowest BCUT2D eigenvalue weighted by Gasteiger charge is -2.37. The number of carbonyl (C=O) groups is 1. The maximum absolute atomic E-state index is 12.4. The van der Waals surface area contributed by atoms with E-state index in [0.29, 0.717) is 22.2 Å². The third kappa shape index (κ3) is 5.11. The fraction of sp³-hybridized carbons (Fsp3) is 0.316.